The number of hydrogen-bond acceptors (Lipinski definition) is 3. The van der Waals surface area contributed by atoms with Gasteiger partial charge in [-0.25, -0.2) is 4.68 Å². The summed E-state index contributed by atoms with van der Waals surface area (Å²) < 4.78 is 2.00. The van der Waals surface area contributed by atoms with Gasteiger partial charge in [-0.15, -0.1) is 5.10 Å². The zero-order chi connectivity index (χ0) is 11.9. The molecule has 0 atom stereocenters. The molecule has 4 nitrogen and oxygen atoms in total. The van der Waals surface area contributed by atoms with Gasteiger partial charge in [0.05, 0.1) is 5.52 Å². The first kappa shape index (κ1) is 12.0. The van der Waals surface area contributed by atoms with Gasteiger partial charge < -0.3 is 5.32 Å². The fourth-order valence-corrected chi connectivity index (χ4v) is 1.90. The molecule has 0 bridgehead atoms. The van der Waals surface area contributed by atoms with Crippen LogP contribution in [0.1, 0.15) is 26.2 Å². The Labute approximate surface area is 102 Å². The van der Waals surface area contributed by atoms with Gasteiger partial charge >= 0.3 is 0 Å². The van der Waals surface area contributed by atoms with Gasteiger partial charge in [0.2, 0.25) is 0 Å². The van der Waals surface area contributed by atoms with E-state index in [9.17, 15) is 0 Å². The molecule has 92 valence electrons. The van der Waals surface area contributed by atoms with Crippen LogP contribution in [-0.2, 0) is 6.54 Å². The van der Waals surface area contributed by atoms with Crippen molar-refractivity contribution in [2.45, 2.75) is 32.7 Å². The number of unbranched alkanes of at least 4 members (excludes halogenated alkanes) is 1. The standard InChI is InChI=1S/C13H20N4/c1-2-9-14-10-5-6-11-17-13-8-4-3-7-12(13)15-16-17/h3-4,7-8,14H,2,5-6,9-11H2,1H3. The maximum atomic E-state index is 4.18. The van der Waals surface area contributed by atoms with Crippen molar-refractivity contribution in [2.24, 2.45) is 0 Å². The van der Waals surface area contributed by atoms with Crippen LogP contribution >= 0.6 is 0 Å². The molecule has 0 aliphatic heterocycles. The van der Waals surface area contributed by atoms with Gasteiger partial charge in [-0.1, -0.05) is 24.3 Å². The van der Waals surface area contributed by atoms with E-state index in [0.717, 1.165) is 37.1 Å². The molecule has 1 N–H and O–H groups in total. The molecule has 1 heterocycles. The summed E-state index contributed by atoms with van der Waals surface area (Å²) in [5.41, 5.74) is 2.12. The van der Waals surface area contributed by atoms with Crippen molar-refractivity contribution in [1.82, 2.24) is 20.3 Å². The summed E-state index contributed by atoms with van der Waals surface area (Å²) in [5, 5.41) is 11.7. The molecule has 0 aliphatic rings. The van der Waals surface area contributed by atoms with Crippen LogP contribution in [0.5, 0.6) is 0 Å². The summed E-state index contributed by atoms with van der Waals surface area (Å²) in [4.78, 5) is 0. The molecule has 0 saturated heterocycles. The topological polar surface area (TPSA) is 42.7 Å². The average Bonchev–Trinajstić information content (AvgIpc) is 2.77. The van der Waals surface area contributed by atoms with E-state index in [-0.39, 0.29) is 0 Å². The second-order valence-corrected chi connectivity index (χ2v) is 4.26. The van der Waals surface area contributed by atoms with Gasteiger partial charge in [0.15, 0.2) is 0 Å². The van der Waals surface area contributed by atoms with E-state index in [1.54, 1.807) is 0 Å². The number of para-hydroxylation sites is 1. The molecule has 0 fully saturated rings. The van der Waals surface area contributed by atoms with Crippen LogP contribution in [0.4, 0.5) is 0 Å². The lowest BCUT2D eigenvalue weighted by Gasteiger charge is -2.03. The first-order chi connectivity index (χ1) is 8.42. The van der Waals surface area contributed by atoms with Gasteiger partial charge in [-0.3, -0.25) is 0 Å². The molecule has 4 heteroatoms. The summed E-state index contributed by atoms with van der Waals surface area (Å²) in [6.45, 7) is 5.36. The van der Waals surface area contributed by atoms with Crippen molar-refractivity contribution >= 4 is 11.0 Å². The largest absolute Gasteiger partial charge is 0.317 e. The third-order valence-corrected chi connectivity index (χ3v) is 2.82. The Morgan fingerprint density at radius 2 is 2.06 bits per heavy atom. The van der Waals surface area contributed by atoms with Crippen LogP contribution in [-0.4, -0.2) is 28.1 Å². The lowest BCUT2D eigenvalue weighted by molar-refractivity contribution is 0.533. The smallest absolute Gasteiger partial charge is 0.113 e. The van der Waals surface area contributed by atoms with Crippen LogP contribution < -0.4 is 5.32 Å². The Balaban J connectivity index is 1.79. The minimum atomic E-state index is 0.953. The number of fused-ring (bicyclic) bond motifs is 1. The molecule has 1 aromatic carbocycles. The highest BCUT2D eigenvalue weighted by Gasteiger charge is 2.01. The van der Waals surface area contributed by atoms with Gasteiger partial charge in [0, 0.05) is 6.54 Å². The molecule has 0 aliphatic carbocycles. The van der Waals surface area contributed by atoms with Crippen molar-refractivity contribution in [3.05, 3.63) is 24.3 Å². The van der Waals surface area contributed by atoms with E-state index in [0.29, 0.717) is 0 Å². The summed E-state index contributed by atoms with van der Waals surface area (Å²) in [5.74, 6) is 0. The second-order valence-electron chi connectivity index (χ2n) is 4.26. The Hall–Kier alpha value is -1.42. The maximum Gasteiger partial charge on any atom is 0.113 e. The van der Waals surface area contributed by atoms with Gasteiger partial charge in [-0.2, -0.15) is 0 Å². The summed E-state index contributed by atoms with van der Waals surface area (Å²) >= 11 is 0. The first-order valence-electron chi connectivity index (χ1n) is 6.41. The molecule has 2 aromatic rings. The first-order valence-corrected chi connectivity index (χ1v) is 6.41. The SMILES string of the molecule is CCCNCCCCn1nnc2ccccc21. The predicted molar refractivity (Wildman–Crippen MR) is 69.9 cm³/mol. The molecular formula is C13H20N4. The Morgan fingerprint density at radius 3 is 2.94 bits per heavy atom. The number of rotatable bonds is 7. The lowest BCUT2D eigenvalue weighted by Crippen LogP contribution is -2.16. The third-order valence-electron chi connectivity index (χ3n) is 2.82. The molecule has 2 rings (SSSR count). The average molecular weight is 232 g/mol. The van der Waals surface area contributed by atoms with E-state index < -0.39 is 0 Å². The fourth-order valence-electron chi connectivity index (χ4n) is 1.90. The molecule has 0 amide bonds. The van der Waals surface area contributed by atoms with E-state index in [4.69, 9.17) is 0 Å². The van der Waals surface area contributed by atoms with Gasteiger partial charge in [0.25, 0.3) is 0 Å². The second kappa shape index (κ2) is 6.35. The minimum Gasteiger partial charge on any atom is -0.317 e. The summed E-state index contributed by atoms with van der Waals surface area (Å²) in [7, 11) is 0. The number of hydrogen-bond donors (Lipinski definition) is 1. The molecule has 0 radical (unpaired) electrons. The number of nitrogens with one attached hydrogen (secondary N) is 1. The third kappa shape index (κ3) is 3.27. The molecule has 0 unspecified atom stereocenters. The number of nitrogens with zero attached hydrogens (tertiary/aromatic N) is 3. The van der Waals surface area contributed by atoms with Crippen LogP contribution in [0, 0.1) is 0 Å². The predicted octanol–water partition coefficient (Wildman–Crippen LogP) is 2.21. The van der Waals surface area contributed by atoms with Crippen LogP contribution in [0.3, 0.4) is 0 Å². The molecular weight excluding hydrogens is 212 g/mol. The Bertz CT molecular complexity index is 449. The monoisotopic (exact) mass is 232 g/mol. The number of aryl methyl sites for hydroxylation is 1. The zero-order valence-electron chi connectivity index (χ0n) is 10.4. The Kier molecular flexibility index (Phi) is 4.50. The van der Waals surface area contributed by atoms with Crippen molar-refractivity contribution in [1.29, 1.82) is 0 Å². The van der Waals surface area contributed by atoms with Gasteiger partial charge in [0.1, 0.15) is 5.52 Å². The summed E-state index contributed by atoms with van der Waals surface area (Å²) in [6.07, 6.45) is 3.53. The van der Waals surface area contributed by atoms with E-state index in [1.807, 2.05) is 22.9 Å². The van der Waals surface area contributed by atoms with E-state index in [1.165, 1.54) is 12.8 Å². The minimum absolute atomic E-state index is 0.953. The number of aromatic nitrogens is 3. The normalized spacial score (nSPS) is 11.1. The van der Waals surface area contributed by atoms with Crippen molar-refractivity contribution < 1.29 is 0 Å². The highest BCUT2D eigenvalue weighted by Crippen LogP contribution is 2.10. The lowest BCUT2D eigenvalue weighted by atomic mass is 10.3. The molecule has 1 aromatic heterocycles. The van der Waals surface area contributed by atoms with E-state index >= 15 is 0 Å². The van der Waals surface area contributed by atoms with Gasteiger partial charge in [-0.05, 0) is 44.5 Å². The molecule has 0 saturated carbocycles. The van der Waals surface area contributed by atoms with E-state index in [2.05, 4.69) is 28.6 Å². The molecule has 0 spiro atoms. The van der Waals surface area contributed by atoms with Crippen LogP contribution in [0.15, 0.2) is 24.3 Å². The highest BCUT2D eigenvalue weighted by molar-refractivity contribution is 5.73. The molecule has 17 heavy (non-hydrogen) atoms. The van der Waals surface area contributed by atoms with Crippen LogP contribution in [0.25, 0.3) is 11.0 Å². The number of benzene rings is 1. The zero-order valence-corrected chi connectivity index (χ0v) is 10.4. The Morgan fingerprint density at radius 1 is 1.18 bits per heavy atom. The fraction of sp³-hybridized carbons (Fsp3) is 0.538. The summed E-state index contributed by atoms with van der Waals surface area (Å²) in [6, 6.07) is 8.10. The highest BCUT2D eigenvalue weighted by atomic mass is 15.4. The quantitative estimate of drug-likeness (QED) is 0.744. The van der Waals surface area contributed by atoms with Crippen LogP contribution in [0.2, 0.25) is 0 Å². The van der Waals surface area contributed by atoms with Crippen molar-refractivity contribution in [3.63, 3.8) is 0 Å². The van der Waals surface area contributed by atoms with Crippen molar-refractivity contribution in [3.8, 4) is 0 Å². The maximum absolute atomic E-state index is 4.18. The van der Waals surface area contributed by atoms with Crippen molar-refractivity contribution in [2.75, 3.05) is 13.1 Å².